The Kier molecular flexibility index (Phi) is 7.91. The molecule has 1 saturated heterocycles. The van der Waals surface area contributed by atoms with Crippen molar-refractivity contribution < 1.29 is 9.47 Å². The fourth-order valence-electron chi connectivity index (χ4n) is 3.60. The molecule has 1 aliphatic rings. The Morgan fingerprint density at radius 3 is 2.76 bits per heavy atom. The molecule has 0 radical (unpaired) electrons. The number of nitrogens with zero attached hydrogens (tertiary/aromatic N) is 4. The van der Waals surface area contributed by atoms with E-state index in [-0.39, 0.29) is 18.1 Å². The highest BCUT2D eigenvalue weighted by Gasteiger charge is 2.17. The molecule has 170 valence electrons. The van der Waals surface area contributed by atoms with Crippen molar-refractivity contribution in [2.75, 3.05) is 13.2 Å². The highest BCUT2D eigenvalue weighted by Crippen LogP contribution is 2.27. The lowest BCUT2D eigenvalue weighted by molar-refractivity contribution is 0.0254. The first-order valence-electron chi connectivity index (χ1n) is 10.4. The second kappa shape index (κ2) is 11.0. The van der Waals surface area contributed by atoms with E-state index in [0.29, 0.717) is 36.8 Å². The summed E-state index contributed by atoms with van der Waals surface area (Å²) in [5.41, 5.74) is 9.60. The van der Waals surface area contributed by atoms with Gasteiger partial charge in [0.25, 0.3) is 0 Å². The second-order valence-electron chi connectivity index (χ2n) is 7.50. The zero-order valence-electron chi connectivity index (χ0n) is 18.3. The molecule has 3 aromatic rings. The fourth-order valence-corrected chi connectivity index (χ4v) is 3.60. The molecule has 9 nitrogen and oxygen atoms in total. The molecule has 0 atom stereocenters. The smallest absolute Gasteiger partial charge is 0.150 e. The van der Waals surface area contributed by atoms with Gasteiger partial charge in [-0.3, -0.25) is 0 Å². The van der Waals surface area contributed by atoms with Crippen LogP contribution in [0.5, 0.6) is 5.75 Å². The normalized spacial score (nSPS) is 14.2. The average Bonchev–Trinajstić information content (AvgIpc) is 2.84. The van der Waals surface area contributed by atoms with Gasteiger partial charge in [-0.2, -0.15) is 10.4 Å². The minimum Gasteiger partial charge on any atom is -0.489 e. The average molecular weight is 446 g/mol. The molecule has 9 heteroatoms. The van der Waals surface area contributed by atoms with Crippen LogP contribution in [0.2, 0.25) is 0 Å². The minimum absolute atomic E-state index is 0. The maximum absolute atomic E-state index is 9.64. The van der Waals surface area contributed by atoms with Crippen LogP contribution in [0.15, 0.2) is 59.8 Å². The van der Waals surface area contributed by atoms with E-state index in [4.69, 9.17) is 21.1 Å². The quantitative estimate of drug-likeness (QED) is 0.225. The third kappa shape index (κ3) is 5.83. The summed E-state index contributed by atoms with van der Waals surface area (Å²) >= 11 is 0. The van der Waals surface area contributed by atoms with Crippen LogP contribution in [0.3, 0.4) is 0 Å². The van der Waals surface area contributed by atoms with E-state index < -0.39 is 0 Å². The van der Waals surface area contributed by atoms with Gasteiger partial charge in [0.05, 0.1) is 24.5 Å². The van der Waals surface area contributed by atoms with Crippen LogP contribution in [0.4, 0.5) is 0 Å². The van der Waals surface area contributed by atoms with Gasteiger partial charge in [-0.05, 0) is 35.9 Å². The van der Waals surface area contributed by atoms with Gasteiger partial charge in [0, 0.05) is 36.6 Å². The third-order valence-electron chi connectivity index (χ3n) is 5.29. The summed E-state index contributed by atoms with van der Waals surface area (Å²) in [5, 5.41) is 13.2. The Morgan fingerprint density at radius 1 is 1.18 bits per heavy atom. The van der Waals surface area contributed by atoms with Crippen LogP contribution in [-0.4, -0.2) is 35.1 Å². The van der Waals surface area contributed by atoms with Crippen molar-refractivity contribution in [1.82, 2.24) is 16.1 Å². The van der Waals surface area contributed by atoms with Crippen LogP contribution in [0.1, 0.15) is 35.4 Å². The molecule has 1 fully saturated rings. The summed E-state index contributed by atoms with van der Waals surface area (Å²) in [6.45, 7) is 1.37. The first kappa shape index (κ1) is 23.7. The second-order valence-corrected chi connectivity index (χ2v) is 7.50. The molecule has 1 aliphatic heterocycles. The summed E-state index contributed by atoms with van der Waals surface area (Å²) < 4.78 is 11.4. The molecule has 4 rings (SSSR count). The molecule has 0 bridgehead atoms. The summed E-state index contributed by atoms with van der Waals surface area (Å²) in [5.74, 6) is 6.80. The number of nitriles is 1. The lowest BCUT2D eigenvalue weighted by Gasteiger charge is -2.23. The number of aromatic nitrogens is 2. The van der Waals surface area contributed by atoms with Gasteiger partial charge in [-0.15, -0.1) is 0 Å². The minimum atomic E-state index is 0. The highest BCUT2D eigenvalue weighted by atomic mass is 16.5. The molecule has 0 unspecified atom stereocenters. The zero-order valence-corrected chi connectivity index (χ0v) is 18.3. The zero-order chi connectivity index (χ0) is 22.3. The van der Waals surface area contributed by atoms with Crippen molar-refractivity contribution in [3.8, 4) is 23.1 Å². The highest BCUT2D eigenvalue weighted by molar-refractivity contribution is 5.97. The van der Waals surface area contributed by atoms with Gasteiger partial charge in [0.1, 0.15) is 29.6 Å². The van der Waals surface area contributed by atoms with Crippen molar-refractivity contribution in [1.29, 1.82) is 5.26 Å². The van der Waals surface area contributed by atoms with E-state index in [2.05, 4.69) is 21.1 Å². The van der Waals surface area contributed by atoms with Crippen molar-refractivity contribution in [3.05, 3.63) is 77.2 Å². The van der Waals surface area contributed by atoms with Crippen molar-refractivity contribution in [2.24, 2.45) is 16.7 Å². The predicted octanol–water partition coefficient (Wildman–Crippen LogP) is 2.90. The summed E-state index contributed by atoms with van der Waals surface area (Å²) in [4.78, 5) is 9.08. The molecule has 7 N–H and O–H groups in total. The van der Waals surface area contributed by atoms with Crippen molar-refractivity contribution >= 4 is 5.84 Å². The largest absolute Gasteiger partial charge is 0.489 e. The van der Waals surface area contributed by atoms with Gasteiger partial charge < -0.3 is 27.2 Å². The Balaban J connectivity index is 0.00000306. The monoisotopic (exact) mass is 445 g/mol. The number of ether oxygens (including phenoxy) is 2. The molecule has 0 amide bonds. The first-order valence-corrected chi connectivity index (χ1v) is 10.4. The Bertz CT molecular complexity index is 1170. The van der Waals surface area contributed by atoms with E-state index in [1.165, 1.54) is 0 Å². The number of hydrogen-bond donors (Lipinski definition) is 3. The molecule has 0 saturated carbocycles. The summed E-state index contributed by atoms with van der Waals surface area (Å²) in [6, 6.07) is 17.3. The van der Waals surface area contributed by atoms with Crippen LogP contribution >= 0.6 is 0 Å². The number of hydrazone groups is 1. The molecule has 2 aromatic carbocycles. The van der Waals surface area contributed by atoms with Gasteiger partial charge in [-0.25, -0.2) is 9.97 Å². The van der Waals surface area contributed by atoms with Crippen molar-refractivity contribution in [3.63, 3.8) is 0 Å². The van der Waals surface area contributed by atoms with Gasteiger partial charge in [0.2, 0.25) is 0 Å². The lowest BCUT2D eigenvalue weighted by Crippen LogP contribution is -2.26. The maximum Gasteiger partial charge on any atom is 0.150 e. The van der Waals surface area contributed by atoms with Crippen LogP contribution in [0.25, 0.3) is 11.3 Å². The lowest BCUT2D eigenvalue weighted by atomic mass is 10.1. The molecule has 1 aromatic heterocycles. The molecular formula is C24H27N7O2. The molecular weight excluding hydrogens is 418 g/mol. The topological polar surface area (TPSA) is 167 Å². The predicted molar refractivity (Wildman–Crippen MR) is 126 cm³/mol. The van der Waals surface area contributed by atoms with E-state index in [0.717, 1.165) is 35.2 Å². The first-order chi connectivity index (χ1) is 15.7. The molecule has 2 heterocycles. The Labute approximate surface area is 192 Å². The third-order valence-corrected chi connectivity index (χ3v) is 5.29. The van der Waals surface area contributed by atoms with E-state index in [9.17, 15) is 5.26 Å². The van der Waals surface area contributed by atoms with Crippen LogP contribution in [-0.2, 0) is 11.2 Å². The number of nitrogens with two attached hydrogens (primary N) is 2. The summed E-state index contributed by atoms with van der Waals surface area (Å²) in [6.07, 6.45) is 3.96. The Morgan fingerprint density at radius 2 is 2.00 bits per heavy atom. The van der Waals surface area contributed by atoms with Crippen LogP contribution < -0.4 is 22.5 Å². The van der Waals surface area contributed by atoms with Gasteiger partial charge in [0.15, 0.2) is 0 Å². The van der Waals surface area contributed by atoms with Crippen LogP contribution in [0, 0.1) is 11.3 Å². The van der Waals surface area contributed by atoms with Gasteiger partial charge >= 0.3 is 0 Å². The number of hydrogen-bond acceptors (Lipinski definition) is 8. The Hall–Kier alpha value is -4.00. The fraction of sp³-hybridized carbons (Fsp3) is 0.250. The van der Waals surface area contributed by atoms with E-state index >= 15 is 0 Å². The maximum atomic E-state index is 9.64. The van der Waals surface area contributed by atoms with E-state index in [1.54, 1.807) is 12.3 Å². The molecule has 0 spiro atoms. The SMILES string of the molecule is N.N#Cc1cc(-c2ccnc(Cc3cccc(/C(N)=N/N)c3)n2)ccc1OC1CCOCC1. The van der Waals surface area contributed by atoms with Crippen molar-refractivity contribution in [2.45, 2.75) is 25.4 Å². The number of benzene rings is 2. The summed E-state index contributed by atoms with van der Waals surface area (Å²) in [7, 11) is 0. The van der Waals surface area contributed by atoms with E-state index in [1.807, 2.05) is 42.5 Å². The molecule has 0 aliphatic carbocycles. The molecule has 33 heavy (non-hydrogen) atoms. The number of amidine groups is 1. The standard InChI is InChI=1S/C24H24N6O2.H3N/c25-15-19-14-17(4-5-22(19)32-20-7-10-31-11-8-20)21-6-9-28-23(29-21)13-16-2-1-3-18(12-16)24(26)30-27;/h1-6,9,12,14,20H,7-8,10-11,13,27H2,(H2,26,30);1H3. The van der Waals surface area contributed by atoms with Gasteiger partial charge in [-0.1, -0.05) is 18.2 Å². The number of rotatable bonds is 6.